The fraction of sp³-hybridized carbons (Fsp3) is 0.455. The van der Waals surface area contributed by atoms with Crippen LogP contribution in [0.5, 0.6) is 0 Å². The van der Waals surface area contributed by atoms with Gasteiger partial charge in [0.05, 0.1) is 5.69 Å². The van der Waals surface area contributed by atoms with Crippen molar-refractivity contribution in [3.8, 4) is 0 Å². The van der Waals surface area contributed by atoms with Gasteiger partial charge in [0.25, 0.3) is 0 Å². The molecule has 0 aromatic heterocycles. The molecule has 0 N–H and O–H groups in total. The van der Waals surface area contributed by atoms with Crippen LogP contribution >= 0.6 is 22.6 Å². The van der Waals surface area contributed by atoms with Crippen LogP contribution in [0.25, 0.3) is 0 Å². The number of para-hydroxylation sites is 1. The second kappa shape index (κ2) is 4.31. The Morgan fingerprint density at radius 3 is 2.38 bits per heavy atom. The molecule has 0 spiro atoms. The average molecular weight is 287 g/mol. The van der Waals surface area contributed by atoms with Crippen LogP contribution in [0, 0.1) is 3.57 Å². The number of piperidine rings is 1. The number of hydrogen-bond acceptors (Lipinski definition) is 1. The van der Waals surface area contributed by atoms with Crippen LogP contribution < -0.4 is 4.90 Å². The van der Waals surface area contributed by atoms with Gasteiger partial charge in [0.15, 0.2) is 0 Å². The molecule has 0 amide bonds. The van der Waals surface area contributed by atoms with E-state index in [1.54, 1.807) is 0 Å². The lowest BCUT2D eigenvalue weighted by Crippen LogP contribution is -2.29. The van der Waals surface area contributed by atoms with Crippen molar-refractivity contribution in [3.05, 3.63) is 27.8 Å². The summed E-state index contributed by atoms with van der Waals surface area (Å²) in [7, 11) is 0. The van der Waals surface area contributed by atoms with Crippen LogP contribution in [0.3, 0.4) is 0 Å². The van der Waals surface area contributed by atoms with Crippen LogP contribution in [-0.4, -0.2) is 13.1 Å². The van der Waals surface area contributed by atoms with Crippen molar-refractivity contribution in [1.29, 1.82) is 0 Å². The molecule has 0 saturated carbocycles. The molecule has 1 aliphatic rings. The molecule has 0 aliphatic carbocycles. The van der Waals surface area contributed by atoms with E-state index in [1.807, 2.05) is 0 Å². The van der Waals surface area contributed by atoms with Gasteiger partial charge < -0.3 is 4.90 Å². The molecule has 1 saturated heterocycles. The lowest BCUT2D eigenvalue weighted by molar-refractivity contribution is 0.577. The minimum atomic E-state index is 1.24. The highest BCUT2D eigenvalue weighted by molar-refractivity contribution is 14.1. The molecule has 1 heterocycles. The first kappa shape index (κ1) is 9.31. The minimum Gasteiger partial charge on any atom is -0.371 e. The molecule has 0 radical (unpaired) electrons. The maximum absolute atomic E-state index is 2.51. The molecule has 0 bridgehead atoms. The third-order valence-corrected chi connectivity index (χ3v) is 3.46. The summed E-state index contributed by atoms with van der Waals surface area (Å²) >= 11 is 2.42. The topological polar surface area (TPSA) is 3.24 Å². The summed E-state index contributed by atoms with van der Waals surface area (Å²) in [4.78, 5) is 2.51. The van der Waals surface area contributed by atoms with Crippen molar-refractivity contribution < 1.29 is 0 Å². The first-order chi connectivity index (χ1) is 6.38. The molecule has 2 heteroatoms. The highest BCUT2D eigenvalue weighted by atomic mass is 127. The summed E-state index contributed by atoms with van der Waals surface area (Å²) in [5, 5.41) is 0. The van der Waals surface area contributed by atoms with Gasteiger partial charge in [0, 0.05) is 16.7 Å². The molecular weight excluding hydrogens is 273 g/mol. The van der Waals surface area contributed by atoms with Gasteiger partial charge in [-0.15, -0.1) is 0 Å². The summed E-state index contributed by atoms with van der Waals surface area (Å²) in [6.07, 6.45) is 4.11. The SMILES string of the molecule is Ic1ccccc1N1CCCCC1. The van der Waals surface area contributed by atoms with E-state index in [4.69, 9.17) is 0 Å². The zero-order chi connectivity index (χ0) is 9.10. The quantitative estimate of drug-likeness (QED) is 0.716. The predicted octanol–water partition coefficient (Wildman–Crippen LogP) is 3.28. The molecule has 1 aromatic rings. The number of hydrogen-bond donors (Lipinski definition) is 0. The Bertz CT molecular complexity index is 279. The van der Waals surface area contributed by atoms with Gasteiger partial charge >= 0.3 is 0 Å². The summed E-state index contributed by atoms with van der Waals surface area (Å²) < 4.78 is 1.38. The van der Waals surface area contributed by atoms with Gasteiger partial charge in [0.1, 0.15) is 0 Å². The molecule has 1 aliphatic heterocycles. The molecule has 1 nitrogen and oxygen atoms in total. The molecule has 0 unspecified atom stereocenters. The average Bonchev–Trinajstić information content (AvgIpc) is 2.20. The molecule has 70 valence electrons. The summed E-state index contributed by atoms with van der Waals surface area (Å²) in [6, 6.07) is 8.65. The van der Waals surface area contributed by atoms with Crippen LogP contribution in [0.1, 0.15) is 19.3 Å². The standard InChI is InChI=1S/C11H14IN/c12-10-6-2-3-7-11(10)13-8-4-1-5-9-13/h2-3,6-7H,1,4-5,8-9H2. The monoisotopic (exact) mass is 287 g/mol. The normalized spacial score (nSPS) is 17.5. The Kier molecular flexibility index (Phi) is 3.09. The zero-order valence-corrected chi connectivity index (χ0v) is 9.83. The van der Waals surface area contributed by atoms with Gasteiger partial charge in [-0.3, -0.25) is 0 Å². The second-order valence-corrected chi connectivity index (χ2v) is 4.66. The third-order valence-electron chi connectivity index (χ3n) is 2.55. The van der Waals surface area contributed by atoms with E-state index >= 15 is 0 Å². The summed E-state index contributed by atoms with van der Waals surface area (Å²) in [6.45, 7) is 2.47. The molecule has 1 fully saturated rings. The fourth-order valence-electron chi connectivity index (χ4n) is 1.84. The largest absolute Gasteiger partial charge is 0.371 e. The molecule has 13 heavy (non-hydrogen) atoms. The first-order valence-electron chi connectivity index (χ1n) is 4.87. The van der Waals surface area contributed by atoms with E-state index in [2.05, 4.69) is 51.8 Å². The Labute approximate surface area is 93.3 Å². The Hall–Kier alpha value is -0.250. The van der Waals surface area contributed by atoms with Gasteiger partial charge in [0.2, 0.25) is 0 Å². The van der Waals surface area contributed by atoms with E-state index < -0.39 is 0 Å². The number of benzene rings is 1. The lowest BCUT2D eigenvalue weighted by atomic mass is 10.1. The molecule has 1 aromatic carbocycles. The third kappa shape index (κ3) is 2.16. The number of anilines is 1. The van der Waals surface area contributed by atoms with Gasteiger partial charge in [-0.1, -0.05) is 12.1 Å². The van der Waals surface area contributed by atoms with Crippen LogP contribution in [0.15, 0.2) is 24.3 Å². The fourth-order valence-corrected chi connectivity index (χ4v) is 2.57. The van der Waals surface area contributed by atoms with Crippen molar-refractivity contribution in [2.24, 2.45) is 0 Å². The number of halogens is 1. The highest BCUT2D eigenvalue weighted by Crippen LogP contribution is 2.24. The van der Waals surface area contributed by atoms with Crippen molar-refractivity contribution in [1.82, 2.24) is 0 Å². The van der Waals surface area contributed by atoms with Crippen molar-refractivity contribution in [2.45, 2.75) is 19.3 Å². The minimum absolute atomic E-state index is 1.24. The maximum Gasteiger partial charge on any atom is 0.0501 e. The van der Waals surface area contributed by atoms with Crippen molar-refractivity contribution >= 4 is 28.3 Å². The summed E-state index contributed by atoms with van der Waals surface area (Å²) in [5.41, 5.74) is 1.42. The molecule has 2 rings (SSSR count). The van der Waals surface area contributed by atoms with Crippen molar-refractivity contribution in [3.63, 3.8) is 0 Å². The Balaban J connectivity index is 2.18. The maximum atomic E-state index is 2.51. The van der Waals surface area contributed by atoms with Crippen molar-refractivity contribution in [2.75, 3.05) is 18.0 Å². The van der Waals surface area contributed by atoms with Crippen LogP contribution in [0.4, 0.5) is 5.69 Å². The van der Waals surface area contributed by atoms with Gasteiger partial charge in [-0.25, -0.2) is 0 Å². The molecular formula is C11H14IN. The second-order valence-electron chi connectivity index (χ2n) is 3.50. The van der Waals surface area contributed by atoms with E-state index in [0.717, 1.165) is 0 Å². The van der Waals surface area contributed by atoms with Crippen LogP contribution in [0.2, 0.25) is 0 Å². The summed E-state index contributed by atoms with van der Waals surface area (Å²) in [5.74, 6) is 0. The number of rotatable bonds is 1. The highest BCUT2D eigenvalue weighted by Gasteiger charge is 2.12. The predicted molar refractivity (Wildman–Crippen MR) is 65.2 cm³/mol. The van der Waals surface area contributed by atoms with E-state index in [0.29, 0.717) is 0 Å². The van der Waals surface area contributed by atoms with Gasteiger partial charge in [-0.05, 0) is 54.0 Å². The zero-order valence-electron chi connectivity index (χ0n) is 7.67. The Morgan fingerprint density at radius 2 is 1.69 bits per heavy atom. The van der Waals surface area contributed by atoms with Gasteiger partial charge in [-0.2, -0.15) is 0 Å². The smallest absolute Gasteiger partial charge is 0.0501 e. The first-order valence-corrected chi connectivity index (χ1v) is 5.95. The lowest BCUT2D eigenvalue weighted by Gasteiger charge is -2.29. The van der Waals surface area contributed by atoms with E-state index in [1.165, 1.54) is 41.6 Å². The molecule has 0 atom stereocenters. The Morgan fingerprint density at radius 1 is 1.00 bits per heavy atom. The van der Waals surface area contributed by atoms with Crippen LogP contribution in [-0.2, 0) is 0 Å². The van der Waals surface area contributed by atoms with E-state index in [9.17, 15) is 0 Å². The van der Waals surface area contributed by atoms with E-state index in [-0.39, 0.29) is 0 Å². The number of nitrogens with zero attached hydrogens (tertiary/aromatic N) is 1.